The number of ether oxygens (including phenoxy) is 1. The first-order chi connectivity index (χ1) is 10.1. The van der Waals surface area contributed by atoms with E-state index in [2.05, 4.69) is 4.98 Å². The molecule has 0 saturated heterocycles. The quantitative estimate of drug-likeness (QED) is 0.637. The number of nitro groups is 1. The summed E-state index contributed by atoms with van der Waals surface area (Å²) >= 11 is 0. The lowest BCUT2D eigenvalue weighted by Crippen LogP contribution is -2.27. The third-order valence-electron chi connectivity index (χ3n) is 2.77. The Morgan fingerprint density at radius 3 is 2.57 bits per heavy atom. The fourth-order valence-corrected chi connectivity index (χ4v) is 1.59. The van der Waals surface area contributed by atoms with E-state index in [1.807, 2.05) is 30.3 Å². The molecule has 21 heavy (non-hydrogen) atoms. The average Bonchev–Trinajstić information content (AvgIpc) is 2.53. The van der Waals surface area contributed by atoms with Crippen molar-refractivity contribution in [1.29, 1.82) is 0 Å². The van der Waals surface area contributed by atoms with Crippen molar-refractivity contribution < 1.29 is 14.5 Å². The van der Waals surface area contributed by atoms with Gasteiger partial charge >= 0.3 is 6.09 Å². The summed E-state index contributed by atoms with van der Waals surface area (Å²) in [5, 5.41) is 10.5. The lowest BCUT2D eigenvalue weighted by atomic mass is 10.2. The molecule has 0 bridgehead atoms. The zero-order valence-corrected chi connectivity index (χ0v) is 11.3. The maximum Gasteiger partial charge on any atom is 0.415 e. The van der Waals surface area contributed by atoms with Crippen molar-refractivity contribution in [1.82, 2.24) is 4.98 Å². The number of rotatable bonds is 4. The van der Waals surface area contributed by atoms with Crippen molar-refractivity contribution in [2.75, 3.05) is 11.9 Å². The number of pyridine rings is 1. The van der Waals surface area contributed by atoms with Gasteiger partial charge in [-0.3, -0.25) is 15.0 Å². The minimum absolute atomic E-state index is 0.134. The largest absolute Gasteiger partial charge is 0.444 e. The first kappa shape index (κ1) is 14.4. The normalized spacial score (nSPS) is 9.95. The van der Waals surface area contributed by atoms with Crippen LogP contribution in [0.5, 0.6) is 0 Å². The number of carbonyl (C=O) groups excluding carboxylic acids is 1. The first-order valence-corrected chi connectivity index (χ1v) is 6.13. The van der Waals surface area contributed by atoms with E-state index in [1.165, 1.54) is 24.1 Å². The van der Waals surface area contributed by atoms with Crippen molar-refractivity contribution in [3.05, 3.63) is 64.3 Å². The molecule has 0 unspecified atom stereocenters. The van der Waals surface area contributed by atoms with Crippen molar-refractivity contribution in [2.45, 2.75) is 6.61 Å². The molecule has 1 amide bonds. The monoisotopic (exact) mass is 287 g/mol. The minimum Gasteiger partial charge on any atom is -0.444 e. The molecular formula is C14H13N3O4. The second-order valence-electron chi connectivity index (χ2n) is 4.23. The Morgan fingerprint density at radius 1 is 1.29 bits per heavy atom. The van der Waals surface area contributed by atoms with Gasteiger partial charge in [-0.1, -0.05) is 30.3 Å². The van der Waals surface area contributed by atoms with Gasteiger partial charge in [-0.15, -0.1) is 0 Å². The number of hydrogen-bond donors (Lipinski definition) is 0. The summed E-state index contributed by atoms with van der Waals surface area (Å²) in [6, 6.07) is 11.9. The van der Waals surface area contributed by atoms with Gasteiger partial charge in [0.25, 0.3) is 5.69 Å². The molecule has 1 heterocycles. The third-order valence-corrected chi connectivity index (χ3v) is 2.77. The van der Waals surface area contributed by atoms with Gasteiger partial charge in [0.2, 0.25) is 0 Å². The highest BCUT2D eigenvalue weighted by molar-refractivity contribution is 5.85. The van der Waals surface area contributed by atoms with E-state index >= 15 is 0 Å². The Morgan fingerprint density at radius 2 is 2.00 bits per heavy atom. The predicted octanol–water partition coefficient (Wildman–Crippen LogP) is 2.76. The Bertz CT molecular complexity index is 628. The second kappa shape index (κ2) is 6.47. The van der Waals surface area contributed by atoms with Crippen LogP contribution in [-0.4, -0.2) is 23.0 Å². The number of benzene rings is 1. The summed E-state index contributed by atoms with van der Waals surface area (Å²) in [4.78, 5) is 26.9. The van der Waals surface area contributed by atoms with Gasteiger partial charge in [-0.05, 0) is 11.6 Å². The van der Waals surface area contributed by atoms with E-state index in [4.69, 9.17) is 4.74 Å². The van der Waals surface area contributed by atoms with Crippen molar-refractivity contribution in [3.8, 4) is 0 Å². The number of hydrogen-bond acceptors (Lipinski definition) is 5. The standard InChI is InChI=1S/C14H13N3O4/c1-16(13-8-7-12(9-15-13)17(19)20)14(18)21-10-11-5-3-2-4-6-11/h2-9H,10H2,1H3. The van der Waals surface area contributed by atoms with E-state index < -0.39 is 11.0 Å². The molecule has 0 aliphatic carbocycles. The molecule has 0 saturated carbocycles. The molecule has 7 nitrogen and oxygen atoms in total. The predicted molar refractivity (Wildman–Crippen MR) is 75.9 cm³/mol. The smallest absolute Gasteiger partial charge is 0.415 e. The molecule has 0 aliphatic heterocycles. The Hall–Kier alpha value is -2.96. The molecule has 0 N–H and O–H groups in total. The summed E-state index contributed by atoms with van der Waals surface area (Å²) in [5.74, 6) is 0.277. The fraction of sp³-hybridized carbons (Fsp3) is 0.143. The Balaban J connectivity index is 1.97. The number of carbonyl (C=O) groups is 1. The van der Waals surface area contributed by atoms with Gasteiger partial charge in [-0.25, -0.2) is 9.78 Å². The molecular weight excluding hydrogens is 274 g/mol. The van der Waals surface area contributed by atoms with Gasteiger partial charge in [0, 0.05) is 13.1 Å². The summed E-state index contributed by atoms with van der Waals surface area (Å²) in [7, 11) is 1.49. The number of nitrogens with zero attached hydrogens (tertiary/aromatic N) is 3. The van der Waals surface area contributed by atoms with Gasteiger partial charge in [0.05, 0.1) is 4.92 Å². The molecule has 0 aliphatic rings. The average molecular weight is 287 g/mol. The van der Waals surface area contributed by atoms with E-state index in [9.17, 15) is 14.9 Å². The Labute approximate surface area is 120 Å². The number of amides is 1. The third kappa shape index (κ3) is 3.75. The fourth-order valence-electron chi connectivity index (χ4n) is 1.59. The summed E-state index contributed by atoms with van der Waals surface area (Å²) in [5.41, 5.74) is 0.737. The van der Waals surface area contributed by atoms with Crippen LogP contribution < -0.4 is 4.90 Å². The molecule has 2 aromatic rings. The molecule has 108 valence electrons. The van der Waals surface area contributed by atoms with Crippen molar-refractivity contribution >= 4 is 17.6 Å². The minimum atomic E-state index is -0.583. The van der Waals surface area contributed by atoms with Gasteiger partial charge in [0.1, 0.15) is 18.6 Å². The first-order valence-electron chi connectivity index (χ1n) is 6.13. The van der Waals surface area contributed by atoms with Crippen LogP contribution in [0.1, 0.15) is 5.56 Å². The zero-order valence-electron chi connectivity index (χ0n) is 11.3. The van der Waals surface area contributed by atoms with Crippen LogP contribution in [0.4, 0.5) is 16.3 Å². The van der Waals surface area contributed by atoms with E-state index in [0.717, 1.165) is 11.8 Å². The maximum atomic E-state index is 11.9. The van der Waals surface area contributed by atoms with Crippen LogP contribution in [-0.2, 0) is 11.3 Å². The summed E-state index contributed by atoms with van der Waals surface area (Å²) in [6.45, 7) is 0.150. The molecule has 1 aromatic heterocycles. The van der Waals surface area contributed by atoms with Gasteiger partial charge in [-0.2, -0.15) is 0 Å². The molecule has 0 spiro atoms. The van der Waals surface area contributed by atoms with Gasteiger partial charge < -0.3 is 4.74 Å². The van der Waals surface area contributed by atoms with Crippen LogP contribution >= 0.6 is 0 Å². The molecule has 0 atom stereocenters. The molecule has 0 radical (unpaired) electrons. The zero-order chi connectivity index (χ0) is 15.2. The van der Waals surface area contributed by atoms with Crippen LogP contribution in [0.3, 0.4) is 0 Å². The SMILES string of the molecule is CN(C(=O)OCc1ccccc1)c1ccc([N+](=O)[O-])cn1. The topological polar surface area (TPSA) is 85.6 Å². The van der Waals surface area contributed by atoms with Crippen molar-refractivity contribution in [3.63, 3.8) is 0 Å². The lowest BCUT2D eigenvalue weighted by Gasteiger charge is -2.15. The molecule has 0 fully saturated rings. The lowest BCUT2D eigenvalue weighted by molar-refractivity contribution is -0.385. The van der Waals surface area contributed by atoms with E-state index in [0.29, 0.717) is 0 Å². The molecule has 2 rings (SSSR count). The molecule has 7 heteroatoms. The van der Waals surface area contributed by atoms with Crippen LogP contribution in [0.25, 0.3) is 0 Å². The molecule has 1 aromatic carbocycles. The Kier molecular flexibility index (Phi) is 4.45. The number of aromatic nitrogens is 1. The van der Waals surface area contributed by atoms with Crippen molar-refractivity contribution in [2.24, 2.45) is 0 Å². The summed E-state index contributed by atoms with van der Waals surface area (Å²) < 4.78 is 5.14. The van der Waals surface area contributed by atoms with E-state index in [-0.39, 0.29) is 18.1 Å². The van der Waals surface area contributed by atoms with Gasteiger partial charge in [0.15, 0.2) is 0 Å². The summed E-state index contributed by atoms with van der Waals surface area (Å²) in [6.07, 6.45) is 0.510. The number of anilines is 1. The van der Waals surface area contributed by atoms with Crippen LogP contribution in [0, 0.1) is 10.1 Å². The second-order valence-corrected chi connectivity index (χ2v) is 4.23. The maximum absolute atomic E-state index is 11.9. The van der Waals surface area contributed by atoms with Crippen LogP contribution in [0.15, 0.2) is 48.7 Å². The highest BCUT2D eigenvalue weighted by atomic mass is 16.6. The van der Waals surface area contributed by atoms with Crippen LogP contribution in [0.2, 0.25) is 0 Å². The highest BCUT2D eigenvalue weighted by Gasteiger charge is 2.15. The highest BCUT2D eigenvalue weighted by Crippen LogP contribution is 2.15. The van der Waals surface area contributed by atoms with E-state index in [1.54, 1.807) is 0 Å².